The van der Waals surface area contributed by atoms with Crippen molar-refractivity contribution in [3.8, 4) is 0 Å². The summed E-state index contributed by atoms with van der Waals surface area (Å²) in [6, 6.07) is 0. The third kappa shape index (κ3) is 14.4. The summed E-state index contributed by atoms with van der Waals surface area (Å²) in [6.45, 7) is -0.875. The highest BCUT2D eigenvalue weighted by atomic mass is 31.2. The first kappa shape index (κ1) is 32.6. The maximum atomic E-state index is 13.2. The van der Waals surface area contributed by atoms with Gasteiger partial charge >= 0.3 is 26.0 Å². The molecule has 0 spiro atoms. The number of nitrogens with zero attached hydrogens (tertiary/aromatic N) is 2. The second-order valence-corrected chi connectivity index (χ2v) is 11.2. The smallest absolute Gasteiger partial charge is 0.480 e. The third-order valence-corrected chi connectivity index (χ3v) is 7.61. The zero-order valence-electron chi connectivity index (χ0n) is 22.6. The van der Waals surface area contributed by atoms with Gasteiger partial charge in [0.2, 0.25) is 5.96 Å². The summed E-state index contributed by atoms with van der Waals surface area (Å²) in [5, 5.41) is 8.94. The fourth-order valence-electron chi connectivity index (χ4n) is 4.08. The van der Waals surface area contributed by atoms with Gasteiger partial charge in [0.1, 0.15) is 18.8 Å². The zero-order chi connectivity index (χ0) is 28.5. The lowest BCUT2D eigenvalue weighted by molar-refractivity contribution is -0.137. The van der Waals surface area contributed by atoms with Crippen molar-refractivity contribution < 1.29 is 52.1 Å². The lowest BCUT2D eigenvalue weighted by Gasteiger charge is -2.21. The monoisotopic (exact) mass is 579 g/mol. The molecule has 0 atom stereocenters. The molecule has 0 radical (unpaired) electrons. The van der Waals surface area contributed by atoms with Crippen LogP contribution in [0.3, 0.4) is 0 Å². The molecule has 39 heavy (non-hydrogen) atoms. The first-order valence-corrected chi connectivity index (χ1v) is 15.0. The normalized spacial score (nSPS) is 17.3. The second-order valence-electron chi connectivity index (χ2n) is 9.50. The predicted molar refractivity (Wildman–Crippen MR) is 139 cm³/mol. The summed E-state index contributed by atoms with van der Waals surface area (Å²) in [5.74, 6) is -1.53. The average molecular weight is 580 g/mol. The van der Waals surface area contributed by atoms with E-state index >= 15 is 0 Å². The molecule has 3 N–H and O–H groups in total. The molecule has 0 amide bonds. The Kier molecular flexibility index (Phi) is 15.0. The fourth-order valence-corrected chi connectivity index (χ4v) is 5.39. The number of guanidine groups is 1. The summed E-state index contributed by atoms with van der Waals surface area (Å²) in [5.41, 5.74) is 5.78. The minimum atomic E-state index is -4.17. The molecule has 0 saturated heterocycles. The van der Waals surface area contributed by atoms with Gasteiger partial charge in [-0.05, 0) is 51.4 Å². The lowest BCUT2D eigenvalue weighted by Crippen LogP contribution is -2.37. The molecule has 224 valence electrons. The molecule has 0 aliphatic heterocycles. The third-order valence-electron chi connectivity index (χ3n) is 6.14. The molecule has 0 aromatic rings. The van der Waals surface area contributed by atoms with Gasteiger partial charge in [-0.3, -0.25) is 13.8 Å². The molecular formula is C24H42N3O11P. The van der Waals surface area contributed by atoms with Crippen LogP contribution < -0.4 is 5.73 Å². The highest BCUT2D eigenvalue weighted by Gasteiger charge is 2.27. The Morgan fingerprint density at radius 3 is 1.67 bits per heavy atom. The number of carbonyl (C=O) groups excluding carboxylic acids is 2. The van der Waals surface area contributed by atoms with Crippen LogP contribution >= 0.6 is 7.75 Å². The van der Waals surface area contributed by atoms with Crippen LogP contribution in [0, 0.1) is 0 Å². The van der Waals surface area contributed by atoms with Crippen LogP contribution in [-0.4, -0.2) is 86.5 Å². The molecule has 0 aromatic heterocycles. The summed E-state index contributed by atoms with van der Waals surface area (Å²) < 4.78 is 48.3. The average Bonchev–Trinajstić information content (AvgIpc) is 2.89. The molecule has 0 aromatic carbocycles. The van der Waals surface area contributed by atoms with Crippen molar-refractivity contribution in [3.05, 3.63) is 0 Å². The van der Waals surface area contributed by atoms with Crippen molar-refractivity contribution in [1.82, 2.24) is 4.90 Å². The quantitative estimate of drug-likeness (QED) is 0.0924. The van der Waals surface area contributed by atoms with E-state index in [4.69, 9.17) is 38.8 Å². The summed E-state index contributed by atoms with van der Waals surface area (Å²) >= 11 is 0. The van der Waals surface area contributed by atoms with Crippen LogP contribution in [-0.2, 0) is 37.4 Å². The van der Waals surface area contributed by atoms with Gasteiger partial charge in [0.15, 0.2) is 0 Å². The van der Waals surface area contributed by atoms with E-state index in [0.29, 0.717) is 0 Å². The van der Waals surface area contributed by atoms with E-state index in [1.807, 2.05) is 0 Å². The largest absolute Gasteiger partial charge is 0.508 e. The molecule has 14 nitrogen and oxygen atoms in total. The maximum absolute atomic E-state index is 13.2. The van der Waals surface area contributed by atoms with E-state index in [9.17, 15) is 18.9 Å². The van der Waals surface area contributed by atoms with Gasteiger partial charge in [-0.2, -0.15) is 0 Å². The molecule has 2 aliphatic carbocycles. The molecule has 2 saturated carbocycles. The molecule has 2 fully saturated rings. The molecule has 0 heterocycles. The number of carbonyl (C=O) groups is 3. The highest BCUT2D eigenvalue weighted by Crippen LogP contribution is 2.50. The van der Waals surface area contributed by atoms with E-state index in [1.54, 1.807) is 0 Å². The molecule has 15 heteroatoms. The van der Waals surface area contributed by atoms with Crippen molar-refractivity contribution in [3.63, 3.8) is 0 Å². The number of hydrogen-bond acceptors (Lipinski definition) is 10. The Labute approximate surface area is 229 Å². The Balaban J connectivity index is 1.76. The summed E-state index contributed by atoms with van der Waals surface area (Å²) in [6.07, 6.45) is 8.17. The number of nitrogens with two attached hydrogens (primary N) is 1. The number of carboxylic acids is 1. The number of carboxylic acid groups (broad SMARTS) is 1. The predicted octanol–water partition coefficient (Wildman–Crippen LogP) is 4.21. The van der Waals surface area contributed by atoms with E-state index in [2.05, 4.69) is 4.76 Å². The SMILES string of the molecule is CN(CC(=O)O)/C(N)=N/P(=O)(OCCCOC(=O)OC1CCCCC1)OCCCOC(=O)OC1CCCCC1. The van der Waals surface area contributed by atoms with Crippen molar-refractivity contribution in [2.45, 2.75) is 89.3 Å². The van der Waals surface area contributed by atoms with Crippen LogP contribution in [0.15, 0.2) is 4.76 Å². The second kappa shape index (κ2) is 17.9. The minimum absolute atomic E-state index is 0.0411. The first-order valence-electron chi connectivity index (χ1n) is 13.5. The van der Waals surface area contributed by atoms with E-state index in [0.717, 1.165) is 69.1 Å². The van der Waals surface area contributed by atoms with Crippen molar-refractivity contribution in [1.29, 1.82) is 0 Å². The summed E-state index contributed by atoms with van der Waals surface area (Å²) in [4.78, 5) is 35.7. The van der Waals surface area contributed by atoms with E-state index in [1.165, 1.54) is 7.05 Å². The standard InChI is InChI=1S/C24H42N3O11P/c1-27(18-21(28)29)22(25)26-39(32,35-16-8-14-33-23(30)37-19-10-4-2-5-11-19)36-17-9-15-34-24(31)38-20-12-6-3-7-13-20/h19-20H,2-18H2,1H3,(H,28,29)(H2,25,26,32). The van der Waals surface area contributed by atoms with Crippen LogP contribution in [0.25, 0.3) is 0 Å². The topological polar surface area (TPSA) is 186 Å². The molecule has 0 unspecified atom stereocenters. The van der Waals surface area contributed by atoms with Crippen LogP contribution in [0.4, 0.5) is 9.59 Å². The molecule has 0 bridgehead atoms. The van der Waals surface area contributed by atoms with E-state index in [-0.39, 0.29) is 57.4 Å². The van der Waals surface area contributed by atoms with Crippen molar-refractivity contribution >= 4 is 32.0 Å². The highest BCUT2D eigenvalue weighted by molar-refractivity contribution is 7.52. The Bertz CT molecular complexity index is 799. The van der Waals surface area contributed by atoms with Gasteiger partial charge in [0.05, 0.1) is 26.4 Å². The summed E-state index contributed by atoms with van der Waals surface area (Å²) in [7, 11) is -2.82. The number of rotatable bonds is 15. The van der Waals surface area contributed by atoms with Crippen LogP contribution in [0.1, 0.15) is 77.0 Å². The van der Waals surface area contributed by atoms with Crippen LogP contribution in [0.2, 0.25) is 0 Å². The van der Waals surface area contributed by atoms with Gasteiger partial charge in [0.25, 0.3) is 0 Å². The molecule has 2 aliphatic rings. The zero-order valence-corrected chi connectivity index (χ0v) is 23.5. The van der Waals surface area contributed by atoms with Crippen molar-refractivity contribution in [2.24, 2.45) is 10.5 Å². The fraction of sp³-hybridized carbons (Fsp3) is 0.833. The molecule has 2 rings (SSSR count). The van der Waals surface area contributed by atoms with Gasteiger partial charge < -0.3 is 34.7 Å². The number of aliphatic carboxylic acids is 1. The maximum Gasteiger partial charge on any atom is 0.508 e. The van der Waals surface area contributed by atoms with Gasteiger partial charge in [0, 0.05) is 19.9 Å². The Morgan fingerprint density at radius 2 is 1.26 bits per heavy atom. The van der Waals surface area contributed by atoms with Crippen molar-refractivity contribution in [2.75, 3.05) is 40.0 Å². The van der Waals surface area contributed by atoms with E-state index < -0.39 is 32.6 Å². The number of ether oxygens (including phenoxy) is 4. The van der Waals surface area contributed by atoms with Crippen LogP contribution in [0.5, 0.6) is 0 Å². The number of likely N-dealkylation sites (N-methyl/N-ethyl adjacent to an activating group) is 1. The Morgan fingerprint density at radius 1 is 0.821 bits per heavy atom. The minimum Gasteiger partial charge on any atom is -0.480 e. The molecular weight excluding hydrogens is 537 g/mol. The van der Waals surface area contributed by atoms with Gasteiger partial charge in [-0.15, -0.1) is 4.76 Å². The lowest BCUT2D eigenvalue weighted by atomic mass is 9.98. The van der Waals surface area contributed by atoms with Gasteiger partial charge in [-0.25, -0.2) is 14.2 Å². The first-order chi connectivity index (χ1) is 18.7. The van der Waals surface area contributed by atoms with Gasteiger partial charge in [-0.1, -0.05) is 12.8 Å². The Hall–Kier alpha value is -2.57. The number of hydrogen-bond donors (Lipinski definition) is 2.